The van der Waals surface area contributed by atoms with Crippen LogP contribution in [-0.2, 0) is 19.1 Å². The third kappa shape index (κ3) is 2.49. The summed E-state index contributed by atoms with van der Waals surface area (Å²) < 4.78 is 10.8. The zero-order chi connectivity index (χ0) is 15.9. The van der Waals surface area contributed by atoms with Crippen LogP contribution in [-0.4, -0.2) is 47.8 Å². The SMILES string of the molecule is CC1(C)COCC(C(=O)ON2C(=O)c3ccccc3C2=O)O1. The summed E-state index contributed by atoms with van der Waals surface area (Å²) in [6, 6.07) is 6.28. The first-order valence-electron chi connectivity index (χ1n) is 6.84. The number of imide groups is 1. The van der Waals surface area contributed by atoms with Gasteiger partial charge in [0.1, 0.15) is 0 Å². The molecule has 2 amide bonds. The van der Waals surface area contributed by atoms with Crippen LogP contribution in [0.3, 0.4) is 0 Å². The third-order valence-electron chi connectivity index (χ3n) is 3.38. The van der Waals surface area contributed by atoms with Crippen LogP contribution >= 0.6 is 0 Å². The number of fused-ring (bicyclic) bond motifs is 1. The van der Waals surface area contributed by atoms with Gasteiger partial charge in [-0.25, -0.2) is 4.79 Å². The van der Waals surface area contributed by atoms with Gasteiger partial charge in [0, 0.05) is 0 Å². The highest BCUT2D eigenvalue weighted by Gasteiger charge is 2.42. The van der Waals surface area contributed by atoms with Gasteiger partial charge in [-0.1, -0.05) is 17.2 Å². The molecule has 1 aromatic rings. The maximum Gasteiger partial charge on any atom is 0.364 e. The molecule has 1 atom stereocenters. The Hall–Kier alpha value is -2.25. The lowest BCUT2D eigenvalue weighted by Crippen LogP contribution is -2.49. The second-order valence-corrected chi connectivity index (χ2v) is 5.74. The van der Waals surface area contributed by atoms with Crippen molar-refractivity contribution in [2.24, 2.45) is 0 Å². The van der Waals surface area contributed by atoms with Gasteiger partial charge < -0.3 is 14.3 Å². The first kappa shape index (κ1) is 14.7. The van der Waals surface area contributed by atoms with Crippen LogP contribution in [0.15, 0.2) is 24.3 Å². The molecule has 2 aliphatic rings. The Labute approximate surface area is 126 Å². The van der Waals surface area contributed by atoms with Gasteiger partial charge in [0.2, 0.25) is 0 Å². The quantitative estimate of drug-likeness (QED) is 0.756. The lowest BCUT2D eigenvalue weighted by molar-refractivity contribution is -0.218. The minimum atomic E-state index is -0.979. The molecule has 0 aliphatic carbocycles. The molecule has 1 aromatic carbocycles. The Kier molecular flexibility index (Phi) is 3.46. The van der Waals surface area contributed by atoms with E-state index in [-0.39, 0.29) is 17.7 Å². The van der Waals surface area contributed by atoms with E-state index in [4.69, 9.17) is 14.3 Å². The van der Waals surface area contributed by atoms with E-state index < -0.39 is 29.5 Å². The zero-order valence-electron chi connectivity index (χ0n) is 12.2. The molecule has 0 radical (unpaired) electrons. The van der Waals surface area contributed by atoms with Crippen molar-refractivity contribution in [2.45, 2.75) is 25.6 Å². The Bertz CT molecular complexity index is 618. The zero-order valence-corrected chi connectivity index (χ0v) is 12.2. The van der Waals surface area contributed by atoms with Crippen molar-refractivity contribution in [1.29, 1.82) is 0 Å². The second kappa shape index (κ2) is 5.19. The molecule has 1 fully saturated rings. The molecule has 2 heterocycles. The Morgan fingerprint density at radius 3 is 2.36 bits per heavy atom. The fraction of sp³-hybridized carbons (Fsp3) is 0.400. The van der Waals surface area contributed by atoms with Gasteiger partial charge >= 0.3 is 5.97 Å². The molecule has 2 aliphatic heterocycles. The molecule has 0 bridgehead atoms. The van der Waals surface area contributed by atoms with E-state index in [9.17, 15) is 14.4 Å². The van der Waals surface area contributed by atoms with E-state index in [1.807, 2.05) is 0 Å². The standard InChI is InChI=1S/C15H15NO6/c1-15(2)8-20-7-11(21-15)14(19)22-16-12(17)9-5-3-4-6-10(9)13(16)18/h3-6,11H,7-8H2,1-2H3. The monoisotopic (exact) mass is 305 g/mol. The van der Waals surface area contributed by atoms with Crippen LogP contribution in [0.5, 0.6) is 0 Å². The van der Waals surface area contributed by atoms with E-state index >= 15 is 0 Å². The third-order valence-corrected chi connectivity index (χ3v) is 3.38. The molecule has 7 nitrogen and oxygen atoms in total. The Balaban J connectivity index is 1.73. The average molecular weight is 305 g/mol. The fourth-order valence-electron chi connectivity index (χ4n) is 2.38. The first-order chi connectivity index (χ1) is 10.4. The minimum absolute atomic E-state index is 0.0193. The molecule has 1 unspecified atom stereocenters. The molecule has 116 valence electrons. The van der Waals surface area contributed by atoms with Crippen molar-refractivity contribution in [1.82, 2.24) is 5.06 Å². The van der Waals surface area contributed by atoms with Crippen molar-refractivity contribution in [3.05, 3.63) is 35.4 Å². The van der Waals surface area contributed by atoms with Gasteiger partial charge in [-0.15, -0.1) is 0 Å². The number of hydroxylamine groups is 2. The molecule has 0 aromatic heterocycles. The van der Waals surface area contributed by atoms with Gasteiger partial charge in [0.15, 0.2) is 6.10 Å². The lowest BCUT2D eigenvalue weighted by atomic mass is 10.1. The minimum Gasteiger partial charge on any atom is -0.375 e. The van der Waals surface area contributed by atoms with Crippen molar-refractivity contribution in [2.75, 3.05) is 13.2 Å². The number of nitrogens with zero attached hydrogens (tertiary/aromatic N) is 1. The van der Waals surface area contributed by atoms with Gasteiger partial charge in [0.05, 0.1) is 29.9 Å². The van der Waals surface area contributed by atoms with E-state index in [1.54, 1.807) is 26.0 Å². The number of rotatable bonds is 2. The van der Waals surface area contributed by atoms with Crippen molar-refractivity contribution < 1.29 is 28.7 Å². The molecule has 1 saturated heterocycles. The fourth-order valence-corrected chi connectivity index (χ4v) is 2.38. The van der Waals surface area contributed by atoms with Crippen LogP contribution in [0.4, 0.5) is 0 Å². The smallest absolute Gasteiger partial charge is 0.364 e. The summed E-state index contributed by atoms with van der Waals surface area (Å²) in [7, 11) is 0. The number of benzene rings is 1. The van der Waals surface area contributed by atoms with E-state index in [0.29, 0.717) is 11.7 Å². The number of hydrogen-bond acceptors (Lipinski definition) is 6. The number of hydrogen-bond donors (Lipinski definition) is 0. The summed E-state index contributed by atoms with van der Waals surface area (Å²) >= 11 is 0. The van der Waals surface area contributed by atoms with Crippen LogP contribution in [0.2, 0.25) is 0 Å². The van der Waals surface area contributed by atoms with Crippen LogP contribution in [0, 0.1) is 0 Å². The van der Waals surface area contributed by atoms with E-state index in [2.05, 4.69) is 0 Å². The molecular formula is C15H15NO6. The summed E-state index contributed by atoms with van der Waals surface area (Å²) in [4.78, 5) is 41.3. The van der Waals surface area contributed by atoms with E-state index in [0.717, 1.165) is 0 Å². The highest BCUT2D eigenvalue weighted by molar-refractivity contribution is 6.20. The van der Waals surface area contributed by atoms with Gasteiger partial charge in [-0.3, -0.25) is 9.59 Å². The first-order valence-corrected chi connectivity index (χ1v) is 6.84. The molecule has 0 spiro atoms. The summed E-state index contributed by atoms with van der Waals surface area (Å²) in [6.45, 7) is 3.91. The maximum absolute atomic E-state index is 12.1. The average Bonchev–Trinajstić information content (AvgIpc) is 2.72. The molecule has 7 heteroatoms. The summed E-state index contributed by atoms with van der Waals surface area (Å²) in [5, 5.41) is 0.470. The molecule has 3 rings (SSSR count). The normalized spacial score (nSPS) is 23.4. The maximum atomic E-state index is 12.1. The summed E-state index contributed by atoms with van der Waals surface area (Å²) in [5.74, 6) is -2.16. The molecular weight excluding hydrogens is 290 g/mol. The van der Waals surface area contributed by atoms with Crippen molar-refractivity contribution in [3.63, 3.8) is 0 Å². The van der Waals surface area contributed by atoms with Gasteiger partial charge in [-0.05, 0) is 26.0 Å². The summed E-state index contributed by atoms with van der Waals surface area (Å²) in [6.07, 6.45) is -0.979. The number of carbonyl (C=O) groups is 3. The topological polar surface area (TPSA) is 82.1 Å². The highest BCUT2D eigenvalue weighted by Crippen LogP contribution is 2.24. The van der Waals surface area contributed by atoms with Crippen LogP contribution in [0.25, 0.3) is 0 Å². The van der Waals surface area contributed by atoms with Crippen LogP contribution < -0.4 is 0 Å². The van der Waals surface area contributed by atoms with Gasteiger partial charge in [-0.2, -0.15) is 0 Å². The summed E-state index contributed by atoms with van der Waals surface area (Å²) in [5.41, 5.74) is -0.216. The molecule has 0 N–H and O–H groups in total. The molecule has 22 heavy (non-hydrogen) atoms. The Morgan fingerprint density at radius 1 is 1.23 bits per heavy atom. The number of amides is 2. The molecule has 0 saturated carbocycles. The number of ether oxygens (including phenoxy) is 2. The second-order valence-electron chi connectivity index (χ2n) is 5.74. The lowest BCUT2D eigenvalue weighted by Gasteiger charge is -2.34. The van der Waals surface area contributed by atoms with Crippen LogP contribution in [0.1, 0.15) is 34.6 Å². The Morgan fingerprint density at radius 2 is 1.82 bits per heavy atom. The van der Waals surface area contributed by atoms with Gasteiger partial charge in [0.25, 0.3) is 11.8 Å². The predicted molar refractivity (Wildman–Crippen MR) is 72.8 cm³/mol. The van der Waals surface area contributed by atoms with E-state index in [1.165, 1.54) is 12.1 Å². The predicted octanol–water partition coefficient (Wildman–Crippen LogP) is 0.935. The van der Waals surface area contributed by atoms with Crippen molar-refractivity contribution >= 4 is 17.8 Å². The highest BCUT2D eigenvalue weighted by atomic mass is 16.7. The van der Waals surface area contributed by atoms with Crippen molar-refractivity contribution in [3.8, 4) is 0 Å². The number of carbonyl (C=O) groups excluding carboxylic acids is 3. The largest absolute Gasteiger partial charge is 0.375 e.